The lowest BCUT2D eigenvalue weighted by Gasteiger charge is -2.16. The molecule has 2 nitrogen and oxygen atoms in total. The maximum absolute atomic E-state index is 10.3. The van der Waals surface area contributed by atoms with E-state index in [1.165, 1.54) is 11.1 Å². The smallest absolute Gasteiger partial charge is 0.139 e. The van der Waals surface area contributed by atoms with Crippen LogP contribution in [0.3, 0.4) is 0 Å². The number of benzene rings is 1. The van der Waals surface area contributed by atoms with Gasteiger partial charge in [0.25, 0.3) is 0 Å². The zero-order valence-corrected chi connectivity index (χ0v) is 8.37. The molecule has 2 heteroatoms. The molecule has 0 amide bonds. The van der Waals surface area contributed by atoms with Crippen LogP contribution < -0.4 is 4.90 Å². The summed E-state index contributed by atoms with van der Waals surface area (Å²) in [6, 6.07) is 6.20. The van der Waals surface area contributed by atoms with Crippen molar-refractivity contribution in [1.29, 1.82) is 0 Å². The summed E-state index contributed by atoms with van der Waals surface area (Å²) in [6.07, 6.45) is 0.912. The number of aldehydes is 1. The van der Waals surface area contributed by atoms with E-state index in [0.717, 1.165) is 12.0 Å². The second kappa shape index (κ2) is 4.08. The molecule has 0 fully saturated rings. The molecular weight excluding hydrogens is 162 g/mol. The van der Waals surface area contributed by atoms with E-state index in [1.54, 1.807) is 0 Å². The second-order valence-electron chi connectivity index (χ2n) is 3.32. The molecule has 0 atom stereocenters. The Balaban J connectivity index is 2.89. The Morgan fingerprint density at radius 3 is 2.54 bits per heavy atom. The minimum atomic E-state index is 0.447. The predicted molar refractivity (Wildman–Crippen MR) is 55.3 cm³/mol. The first-order chi connectivity index (χ1) is 6.15. The minimum Gasteiger partial charge on any atom is -0.368 e. The lowest BCUT2D eigenvalue weighted by atomic mass is 10.1. The monoisotopic (exact) mass is 177 g/mol. The Morgan fingerprint density at radius 2 is 2.00 bits per heavy atom. The number of carbonyl (C=O) groups is 1. The highest BCUT2D eigenvalue weighted by Crippen LogP contribution is 2.16. The van der Waals surface area contributed by atoms with Crippen molar-refractivity contribution in [2.24, 2.45) is 0 Å². The molecule has 0 spiro atoms. The zero-order chi connectivity index (χ0) is 9.84. The molecule has 0 bridgehead atoms. The van der Waals surface area contributed by atoms with Crippen LogP contribution in [0.15, 0.2) is 18.2 Å². The number of carbonyl (C=O) groups excluding carboxylic acids is 1. The van der Waals surface area contributed by atoms with Crippen LogP contribution in [0.25, 0.3) is 0 Å². The van der Waals surface area contributed by atoms with E-state index in [-0.39, 0.29) is 0 Å². The van der Waals surface area contributed by atoms with Crippen LogP contribution in [0.1, 0.15) is 11.1 Å². The summed E-state index contributed by atoms with van der Waals surface area (Å²) < 4.78 is 0. The van der Waals surface area contributed by atoms with E-state index in [0.29, 0.717) is 6.54 Å². The number of hydrogen-bond acceptors (Lipinski definition) is 2. The highest BCUT2D eigenvalue weighted by molar-refractivity contribution is 5.61. The van der Waals surface area contributed by atoms with E-state index in [9.17, 15) is 4.79 Å². The molecule has 0 aliphatic heterocycles. The molecule has 0 heterocycles. The second-order valence-corrected chi connectivity index (χ2v) is 3.32. The maximum atomic E-state index is 10.3. The van der Waals surface area contributed by atoms with E-state index in [4.69, 9.17) is 0 Å². The largest absolute Gasteiger partial charge is 0.368 e. The Labute approximate surface area is 79.2 Å². The van der Waals surface area contributed by atoms with Crippen LogP contribution in [0.4, 0.5) is 5.69 Å². The standard InChI is InChI=1S/C11H15NO/c1-9-4-5-11(8-10(9)2)12(3)6-7-13/h4-5,7-8H,6H2,1-3H3. The van der Waals surface area contributed by atoms with Crippen molar-refractivity contribution in [2.75, 3.05) is 18.5 Å². The van der Waals surface area contributed by atoms with Gasteiger partial charge in [0.15, 0.2) is 0 Å². The summed E-state index contributed by atoms with van der Waals surface area (Å²) >= 11 is 0. The first kappa shape index (κ1) is 9.78. The van der Waals surface area contributed by atoms with E-state index < -0.39 is 0 Å². The summed E-state index contributed by atoms with van der Waals surface area (Å²) in [4.78, 5) is 12.2. The summed E-state index contributed by atoms with van der Waals surface area (Å²) in [6.45, 7) is 4.61. The maximum Gasteiger partial charge on any atom is 0.139 e. The van der Waals surface area contributed by atoms with Gasteiger partial charge in [-0.15, -0.1) is 0 Å². The average molecular weight is 177 g/mol. The molecular formula is C11H15NO. The van der Waals surface area contributed by atoms with Crippen LogP contribution in [0.5, 0.6) is 0 Å². The van der Waals surface area contributed by atoms with Crippen molar-refractivity contribution in [2.45, 2.75) is 13.8 Å². The topological polar surface area (TPSA) is 20.3 Å². The lowest BCUT2D eigenvalue weighted by molar-refractivity contribution is -0.106. The van der Waals surface area contributed by atoms with E-state index in [2.05, 4.69) is 26.0 Å². The van der Waals surface area contributed by atoms with E-state index >= 15 is 0 Å². The summed E-state index contributed by atoms with van der Waals surface area (Å²) in [5.74, 6) is 0. The van der Waals surface area contributed by atoms with Gasteiger partial charge in [-0.3, -0.25) is 0 Å². The average Bonchev–Trinajstić information content (AvgIpc) is 2.10. The van der Waals surface area contributed by atoms with Crippen molar-refractivity contribution < 1.29 is 4.79 Å². The highest BCUT2D eigenvalue weighted by Gasteiger charge is 2.00. The third-order valence-electron chi connectivity index (χ3n) is 2.28. The Morgan fingerprint density at radius 1 is 1.31 bits per heavy atom. The fraction of sp³-hybridized carbons (Fsp3) is 0.364. The van der Waals surface area contributed by atoms with Gasteiger partial charge in [-0.05, 0) is 37.1 Å². The number of likely N-dealkylation sites (N-methyl/N-ethyl adjacent to an activating group) is 1. The van der Waals surface area contributed by atoms with Crippen LogP contribution in [-0.2, 0) is 4.79 Å². The van der Waals surface area contributed by atoms with Gasteiger partial charge in [0.2, 0.25) is 0 Å². The van der Waals surface area contributed by atoms with Gasteiger partial charge >= 0.3 is 0 Å². The Kier molecular flexibility index (Phi) is 3.07. The molecule has 0 radical (unpaired) electrons. The van der Waals surface area contributed by atoms with Crippen LogP contribution >= 0.6 is 0 Å². The van der Waals surface area contributed by atoms with Crippen LogP contribution in [0, 0.1) is 13.8 Å². The lowest BCUT2D eigenvalue weighted by Crippen LogP contribution is -2.19. The van der Waals surface area contributed by atoms with Crippen molar-refractivity contribution in [1.82, 2.24) is 0 Å². The summed E-state index contributed by atoms with van der Waals surface area (Å²) in [7, 11) is 1.92. The molecule has 13 heavy (non-hydrogen) atoms. The van der Waals surface area contributed by atoms with Gasteiger partial charge in [-0.2, -0.15) is 0 Å². The SMILES string of the molecule is Cc1ccc(N(C)CC=O)cc1C. The molecule has 0 aromatic heterocycles. The normalized spacial score (nSPS) is 9.77. The third-order valence-corrected chi connectivity index (χ3v) is 2.28. The van der Waals surface area contributed by atoms with Gasteiger partial charge in [0, 0.05) is 12.7 Å². The number of nitrogens with zero attached hydrogens (tertiary/aromatic N) is 1. The van der Waals surface area contributed by atoms with Crippen molar-refractivity contribution >= 4 is 12.0 Å². The molecule has 0 saturated carbocycles. The predicted octanol–water partition coefficient (Wildman–Crippen LogP) is 1.94. The first-order valence-electron chi connectivity index (χ1n) is 4.37. The van der Waals surface area contributed by atoms with Crippen molar-refractivity contribution in [3.05, 3.63) is 29.3 Å². The van der Waals surface area contributed by atoms with E-state index in [1.807, 2.05) is 18.0 Å². The van der Waals surface area contributed by atoms with Crippen LogP contribution in [-0.4, -0.2) is 19.9 Å². The minimum absolute atomic E-state index is 0.447. The summed E-state index contributed by atoms with van der Waals surface area (Å²) in [5.41, 5.74) is 3.63. The quantitative estimate of drug-likeness (QED) is 0.658. The Hall–Kier alpha value is -1.31. The molecule has 0 N–H and O–H groups in total. The molecule has 0 aliphatic carbocycles. The van der Waals surface area contributed by atoms with Crippen molar-refractivity contribution in [3.63, 3.8) is 0 Å². The fourth-order valence-electron chi connectivity index (χ4n) is 1.18. The zero-order valence-electron chi connectivity index (χ0n) is 8.37. The Bertz CT molecular complexity index is 307. The number of aryl methyl sites for hydroxylation is 2. The van der Waals surface area contributed by atoms with Crippen molar-refractivity contribution in [3.8, 4) is 0 Å². The van der Waals surface area contributed by atoms with Gasteiger partial charge in [0.1, 0.15) is 6.29 Å². The van der Waals surface area contributed by atoms with Gasteiger partial charge < -0.3 is 9.69 Å². The number of rotatable bonds is 3. The summed E-state index contributed by atoms with van der Waals surface area (Å²) in [5, 5.41) is 0. The van der Waals surface area contributed by atoms with Gasteiger partial charge in [0.05, 0.1) is 6.54 Å². The van der Waals surface area contributed by atoms with Gasteiger partial charge in [-0.25, -0.2) is 0 Å². The van der Waals surface area contributed by atoms with Crippen LogP contribution in [0.2, 0.25) is 0 Å². The highest BCUT2D eigenvalue weighted by atomic mass is 16.1. The molecule has 1 aromatic carbocycles. The van der Waals surface area contributed by atoms with Gasteiger partial charge in [-0.1, -0.05) is 6.07 Å². The molecule has 0 unspecified atom stereocenters. The molecule has 0 saturated heterocycles. The first-order valence-corrected chi connectivity index (χ1v) is 4.37. The molecule has 1 rings (SSSR count). The molecule has 0 aliphatic rings. The number of hydrogen-bond donors (Lipinski definition) is 0. The number of anilines is 1. The fourth-order valence-corrected chi connectivity index (χ4v) is 1.18. The molecule has 70 valence electrons. The molecule has 1 aromatic rings. The third kappa shape index (κ3) is 2.31.